The summed E-state index contributed by atoms with van der Waals surface area (Å²) in [6.45, 7) is 0.607. The van der Waals surface area contributed by atoms with Gasteiger partial charge >= 0.3 is 5.97 Å². The van der Waals surface area contributed by atoms with Crippen molar-refractivity contribution in [3.8, 4) is 0 Å². The average Bonchev–Trinajstić information content (AvgIpc) is 2.91. The van der Waals surface area contributed by atoms with Gasteiger partial charge in [0.05, 0.1) is 7.05 Å². The molecule has 0 aromatic carbocycles. The third kappa shape index (κ3) is 2.87. The molecule has 8 heteroatoms. The fourth-order valence-corrected chi connectivity index (χ4v) is 5.55. The summed E-state index contributed by atoms with van der Waals surface area (Å²) in [5.74, 6) is -0.684. The van der Waals surface area contributed by atoms with Gasteiger partial charge in [0.15, 0.2) is 0 Å². The van der Waals surface area contributed by atoms with Crippen LogP contribution in [0.1, 0.15) is 25.7 Å². The summed E-state index contributed by atoms with van der Waals surface area (Å²) in [7, 11) is 2.14. The Morgan fingerprint density at radius 1 is 1.44 bits per heavy atom. The molecule has 0 spiro atoms. The predicted octanol–water partition coefficient (Wildman–Crippen LogP) is -1.63. The van der Waals surface area contributed by atoms with E-state index in [1.165, 1.54) is 29.0 Å². The van der Waals surface area contributed by atoms with Gasteiger partial charge in [0.25, 0.3) is 0 Å². The minimum absolute atomic E-state index is 0. The smallest absolute Gasteiger partial charge is 0.352 e. The highest BCUT2D eigenvalue weighted by molar-refractivity contribution is 8.00. The van der Waals surface area contributed by atoms with Gasteiger partial charge in [-0.3, -0.25) is 14.2 Å². The number of nitrogens with zero attached hydrogens (tertiary/aromatic N) is 2. The maximum atomic E-state index is 12.1. The lowest BCUT2D eigenvalue weighted by Crippen LogP contribution is -3.00. The number of carbonyl (C=O) groups is 2. The van der Waals surface area contributed by atoms with E-state index in [2.05, 4.69) is 19.3 Å². The number of nitrogens with two attached hydrogens (primary N) is 1. The standard InChI is InChI=1S/C17H21N3O3S.HI/c1-20(7-6-10-4-2-3-5-12(10)20)8-11-9-24-16-13(18)15(21)19(16)14(11)17(22)23;/h6-7,13,16H,2-5,8-9,18H2,1H3;1H/t13-,16-,20?;/m1./s1. The monoisotopic (exact) mass is 475 g/mol. The molecule has 3 atom stereocenters. The molecule has 1 aliphatic carbocycles. The van der Waals surface area contributed by atoms with E-state index < -0.39 is 12.0 Å². The molecular weight excluding hydrogens is 453 g/mol. The van der Waals surface area contributed by atoms with Crippen molar-refractivity contribution < 1.29 is 43.2 Å². The number of rotatable bonds is 3. The predicted molar refractivity (Wildman–Crippen MR) is 91.4 cm³/mol. The molecule has 136 valence electrons. The number of hydrogen-bond acceptors (Lipinski definition) is 4. The lowest BCUT2D eigenvalue weighted by atomic mass is 9.96. The van der Waals surface area contributed by atoms with Gasteiger partial charge in [-0.05, 0) is 19.3 Å². The highest BCUT2D eigenvalue weighted by atomic mass is 127. The molecule has 1 fully saturated rings. The van der Waals surface area contributed by atoms with Crippen LogP contribution in [-0.4, -0.2) is 57.1 Å². The van der Waals surface area contributed by atoms with Crippen LogP contribution in [0, 0.1) is 0 Å². The molecule has 0 saturated carbocycles. The van der Waals surface area contributed by atoms with Gasteiger partial charge in [0, 0.05) is 29.4 Å². The zero-order valence-corrected chi connectivity index (χ0v) is 17.0. The van der Waals surface area contributed by atoms with E-state index in [4.69, 9.17) is 5.73 Å². The number of amides is 1. The van der Waals surface area contributed by atoms with Gasteiger partial charge in [-0.2, -0.15) is 0 Å². The zero-order chi connectivity index (χ0) is 17.1. The Kier molecular flexibility index (Phi) is 5.08. The quantitative estimate of drug-likeness (QED) is 0.291. The largest absolute Gasteiger partial charge is 1.00 e. The number of likely N-dealkylation sites (N-methyl/N-ethyl adjacent to an activating group) is 1. The van der Waals surface area contributed by atoms with E-state index in [1.54, 1.807) is 11.8 Å². The van der Waals surface area contributed by atoms with Gasteiger partial charge in [-0.1, -0.05) is 0 Å². The minimum Gasteiger partial charge on any atom is -1.00 e. The van der Waals surface area contributed by atoms with Crippen LogP contribution >= 0.6 is 11.8 Å². The summed E-state index contributed by atoms with van der Waals surface area (Å²) in [5, 5.41) is 9.46. The van der Waals surface area contributed by atoms with Crippen molar-refractivity contribution in [3.63, 3.8) is 0 Å². The van der Waals surface area contributed by atoms with Crippen molar-refractivity contribution >= 4 is 23.6 Å². The highest BCUT2D eigenvalue weighted by Gasteiger charge is 2.52. The lowest BCUT2D eigenvalue weighted by Gasteiger charge is -2.48. The molecule has 3 N–H and O–H groups in total. The molecule has 6 nitrogen and oxygen atoms in total. The molecule has 0 radical (unpaired) electrons. The Morgan fingerprint density at radius 2 is 2.16 bits per heavy atom. The molecule has 4 aliphatic rings. The van der Waals surface area contributed by atoms with Crippen molar-refractivity contribution in [1.29, 1.82) is 0 Å². The summed E-state index contributed by atoms with van der Waals surface area (Å²) in [6.07, 6.45) is 8.96. The Labute approximate surface area is 168 Å². The number of carbonyl (C=O) groups excluding carboxylic acids is 1. The van der Waals surface area contributed by atoms with Crippen LogP contribution in [0.2, 0.25) is 0 Å². The maximum absolute atomic E-state index is 12.1. The summed E-state index contributed by atoms with van der Waals surface area (Å²) in [5.41, 5.74) is 9.60. The highest BCUT2D eigenvalue weighted by Crippen LogP contribution is 2.43. The number of thioether (sulfide) groups is 1. The van der Waals surface area contributed by atoms with Gasteiger partial charge < -0.3 is 34.8 Å². The van der Waals surface area contributed by atoms with Crippen LogP contribution in [0.5, 0.6) is 0 Å². The fraction of sp³-hybridized carbons (Fsp3) is 0.529. The Hall–Kier alpha value is -0.840. The Morgan fingerprint density at radius 3 is 2.88 bits per heavy atom. The molecule has 0 bridgehead atoms. The third-order valence-corrected chi connectivity index (χ3v) is 6.87. The molecule has 0 aromatic rings. The van der Waals surface area contributed by atoms with Crippen LogP contribution in [0.15, 0.2) is 34.8 Å². The van der Waals surface area contributed by atoms with Gasteiger partial charge in [-0.15, -0.1) is 11.8 Å². The molecular formula is C17H22IN3O3S. The van der Waals surface area contributed by atoms with E-state index in [-0.39, 0.29) is 41.0 Å². The molecule has 25 heavy (non-hydrogen) atoms. The molecule has 3 aliphatic heterocycles. The van der Waals surface area contributed by atoms with Crippen LogP contribution in [0.25, 0.3) is 0 Å². The van der Waals surface area contributed by atoms with Crippen LogP contribution < -0.4 is 29.7 Å². The average molecular weight is 475 g/mol. The number of β-lactam (4-membered cyclic amide) rings is 1. The van der Waals surface area contributed by atoms with Gasteiger partial charge in [-0.25, -0.2) is 4.79 Å². The number of carboxylic acid groups (broad SMARTS) is 1. The SMILES string of the molecule is C[N+]1(CC2=C(C(=O)O)N3C(=O)[C@@H](N)[C@H]3SC2)C=CC2=C1CCCC2.[I-]. The van der Waals surface area contributed by atoms with Crippen molar-refractivity contribution in [2.24, 2.45) is 5.73 Å². The second-order valence-electron chi connectivity index (χ2n) is 7.11. The number of halogens is 1. The molecule has 1 amide bonds. The molecule has 3 heterocycles. The van der Waals surface area contributed by atoms with E-state index in [1.807, 2.05) is 0 Å². The van der Waals surface area contributed by atoms with Crippen molar-refractivity contribution in [2.75, 3.05) is 19.3 Å². The maximum Gasteiger partial charge on any atom is 0.352 e. The Balaban J connectivity index is 0.00000182. The van der Waals surface area contributed by atoms with E-state index >= 15 is 0 Å². The second-order valence-corrected chi connectivity index (χ2v) is 8.22. The molecule has 1 saturated heterocycles. The summed E-state index contributed by atoms with van der Waals surface area (Å²) < 4.78 is 0.640. The summed E-state index contributed by atoms with van der Waals surface area (Å²) in [4.78, 5) is 25.3. The Bertz CT molecular complexity index is 733. The molecule has 4 rings (SSSR count). The molecule has 1 unspecified atom stereocenters. The normalized spacial score (nSPS) is 33.7. The number of quaternary nitrogens is 1. The first-order chi connectivity index (χ1) is 11.4. The molecule has 0 aromatic heterocycles. The van der Waals surface area contributed by atoms with Crippen molar-refractivity contribution in [2.45, 2.75) is 37.1 Å². The zero-order valence-electron chi connectivity index (χ0n) is 14.1. The number of allylic oxidation sites excluding steroid dienone is 3. The second kappa shape index (κ2) is 6.71. The number of hydrogen-bond donors (Lipinski definition) is 2. The van der Waals surface area contributed by atoms with Crippen LogP contribution in [-0.2, 0) is 9.59 Å². The number of fused-ring (bicyclic) bond motifs is 1. The first-order valence-corrected chi connectivity index (χ1v) is 9.40. The van der Waals surface area contributed by atoms with E-state index in [9.17, 15) is 14.7 Å². The number of aliphatic carboxylic acids is 1. The van der Waals surface area contributed by atoms with Crippen LogP contribution in [0.3, 0.4) is 0 Å². The first kappa shape index (κ1) is 18.9. The van der Waals surface area contributed by atoms with Crippen molar-refractivity contribution in [1.82, 2.24) is 4.90 Å². The lowest BCUT2D eigenvalue weighted by molar-refractivity contribution is -0.814. The third-order valence-electron chi connectivity index (χ3n) is 5.51. The minimum atomic E-state index is -1.02. The van der Waals surface area contributed by atoms with Crippen LogP contribution in [0.4, 0.5) is 0 Å². The van der Waals surface area contributed by atoms with E-state index in [0.29, 0.717) is 16.8 Å². The topological polar surface area (TPSA) is 83.6 Å². The summed E-state index contributed by atoms with van der Waals surface area (Å²) >= 11 is 1.57. The van der Waals surface area contributed by atoms with E-state index in [0.717, 1.165) is 18.4 Å². The van der Waals surface area contributed by atoms with Gasteiger partial charge in [0.2, 0.25) is 5.91 Å². The van der Waals surface area contributed by atoms with Gasteiger partial charge in [0.1, 0.15) is 35.6 Å². The fourth-order valence-electron chi connectivity index (χ4n) is 4.27. The number of carboxylic acids is 1. The van der Waals surface area contributed by atoms with Crippen molar-refractivity contribution in [3.05, 3.63) is 34.8 Å². The first-order valence-electron chi connectivity index (χ1n) is 8.35. The summed E-state index contributed by atoms with van der Waals surface area (Å²) in [6, 6.07) is -0.574.